The molecule has 2 unspecified atom stereocenters. The third-order valence-electron chi connectivity index (χ3n) is 3.14. The van der Waals surface area contributed by atoms with Crippen molar-refractivity contribution >= 4 is 17.7 Å². The van der Waals surface area contributed by atoms with Crippen molar-refractivity contribution in [2.45, 2.75) is 43.9 Å². The predicted octanol–water partition coefficient (Wildman–Crippen LogP) is 1.89. The van der Waals surface area contributed by atoms with Crippen LogP contribution in [0.2, 0.25) is 0 Å². The number of rotatable bonds is 0. The van der Waals surface area contributed by atoms with E-state index in [0.29, 0.717) is 6.04 Å². The van der Waals surface area contributed by atoms with E-state index in [1.165, 1.54) is 25.7 Å². The number of hydrogen-bond acceptors (Lipinski definition) is 2. The first-order valence-electron chi connectivity index (χ1n) is 5.18. The third-order valence-corrected chi connectivity index (χ3v) is 4.53. The van der Waals surface area contributed by atoms with Crippen LogP contribution >= 0.6 is 11.8 Å². The van der Waals surface area contributed by atoms with Crippen LogP contribution in [0.1, 0.15) is 32.6 Å². The largest absolute Gasteiger partial charge is 0.338 e. The van der Waals surface area contributed by atoms with Crippen LogP contribution in [-0.2, 0) is 4.79 Å². The number of nitrogens with zero attached hydrogens (tertiary/aromatic N) is 1. The Hall–Kier alpha value is -0.180. The van der Waals surface area contributed by atoms with Crippen molar-refractivity contribution < 1.29 is 4.79 Å². The minimum Gasteiger partial charge on any atom is -0.338 e. The van der Waals surface area contributed by atoms with Crippen molar-refractivity contribution in [2.24, 2.45) is 0 Å². The highest BCUT2D eigenvalue weighted by Crippen LogP contribution is 2.35. The molecule has 0 radical (unpaired) electrons. The maximum absolute atomic E-state index is 11.4. The first-order chi connectivity index (χ1) is 6.29. The van der Waals surface area contributed by atoms with E-state index in [1.807, 2.05) is 0 Å². The Kier molecular flexibility index (Phi) is 2.82. The molecule has 0 N–H and O–H groups in total. The summed E-state index contributed by atoms with van der Waals surface area (Å²) < 4.78 is 0. The highest BCUT2D eigenvalue weighted by molar-refractivity contribution is 8.00. The molecule has 0 bridgehead atoms. The zero-order valence-corrected chi connectivity index (χ0v) is 8.98. The molecule has 1 heterocycles. The maximum atomic E-state index is 11.4. The van der Waals surface area contributed by atoms with Crippen molar-refractivity contribution in [3.05, 3.63) is 0 Å². The molecule has 1 amide bonds. The van der Waals surface area contributed by atoms with Crippen LogP contribution in [-0.4, -0.2) is 34.4 Å². The van der Waals surface area contributed by atoms with Crippen LogP contribution in [0.25, 0.3) is 0 Å². The second kappa shape index (κ2) is 3.91. The Morgan fingerprint density at radius 2 is 2.15 bits per heavy atom. The average Bonchev–Trinajstić information content (AvgIpc) is 2.17. The number of carbonyl (C=O) groups is 1. The Morgan fingerprint density at radius 3 is 2.92 bits per heavy atom. The topological polar surface area (TPSA) is 20.3 Å². The van der Waals surface area contributed by atoms with Crippen molar-refractivity contribution in [2.75, 3.05) is 12.3 Å². The molecule has 2 rings (SSSR count). The number of fused-ring (bicyclic) bond motifs is 1. The lowest BCUT2D eigenvalue weighted by Gasteiger charge is -2.43. The van der Waals surface area contributed by atoms with Gasteiger partial charge in [-0.3, -0.25) is 4.79 Å². The van der Waals surface area contributed by atoms with Crippen LogP contribution in [0.3, 0.4) is 0 Å². The first-order valence-corrected chi connectivity index (χ1v) is 6.23. The summed E-state index contributed by atoms with van der Waals surface area (Å²) in [6, 6.07) is 0.560. The first kappa shape index (κ1) is 9.38. The molecule has 1 saturated heterocycles. The van der Waals surface area contributed by atoms with Gasteiger partial charge in [0.2, 0.25) is 5.91 Å². The van der Waals surface area contributed by atoms with E-state index < -0.39 is 0 Å². The SMILES string of the molecule is CC(=O)N1CCSC2CCCCC21. The van der Waals surface area contributed by atoms with Crippen LogP contribution in [0.5, 0.6) is 0 Å². The molecule has 0 aromatic heterocycles. The Labute approximate surface area is 84.1 Å². The monoisotopic (exact) mass is 199 g/mol. The maximum Gasteiger partial charge on any atom is 0.219 e. The number of thioether (sulfide) groups is 1. The lowest BCUT2D eigenvalue weighted by atomic mass is 9.93. The van der Waals surface area contributed by atoms with Crippen LogP contribution < -0.4 is 0 Å². The molecule has 74 valence electrons. The van der Waals surface area contributed by atoms with E-state index in [9.17, 15) is 4.79 Å². The van der Waals surface area contributed by atoms with Crippen molar-refractivity contribution in [1.82, 2.24) is 4.90 Å². The summed E-state index contributed by atoms with van der Waals surface area (Å²) in [5.74, 6) is 1.41. The Balaban J connectivity index is 2.06. The number of carbonyl (C=O) groups excluding carboxylic acids is 1. The summed E-state index contributed by atoms with van der Waals surface area (Å²) in [6.07, 6.45) is 5.22. The van der Waals surface area contributed by atoms with Gasteiger partial charge in [0.25, 0.3) is 0 Å². The third kappa shape index (κ3) is 1.85. The van der Waals surface area contributed by atoms with Gasteiger partial charge in [0.1, 0.15) is 0 Å². The summed E-state index contributed by atoms with van der Waals surface area (Å²) >= 11 is 2.07. The summed E-state index contributed by atoms with van der Waals surface area (Å²) in [5.41, 5.74) is 0. The molecule has 13 heavy (non-hydrogen) atoms. The molecule has 2 nitrogen and oxygen atoms in total. The predicted molar refractivity (Wildman–Crippen MR) is 55.9 cm³/mol. The van der Waals surface area contributed by atoms with Gasteiger partial charge in [0, 0.05) is 30.5 Å². The fraction of sp³-hybridized carbons (Fsp3) is 0.900. The zero-order chi connectivity index (χ0) is 9.26. The van der Waals surface area contributed by atoms with Gasteiger partial charge >= 0.3 is 0 Å². The van der Waals surface area contributed by atoms with E-state index in [-0.39, 0.29) is 5.91 Å². The number of hydrogen-bond donors (Lipinski definition) is 0. The molecule has 1 aliphatic carbocycles. The standard InChI is InChI=1S/C10H17NOS/c1-8(12)11-6-7-13-10-5-3-2-4-9(10)11/h9-10H,2-7H2,1H3. The minimum absolute atomic E-state index is 0.275. The zero-order valence-electron chi connectivity index (χ0n) is 8.16. The summed E-state index contributed by atoms with van der Waals surface area (Å²) in [6.45, 7) is 2.68. The van der Waals surface area contributed by atoms with Crippen LogP contribution in [0.4, 0.5) is 0 Å². The van der Waals surface area contributed by atoms with E-state index in [0.717, 1.165) is 17.5 Å². The average molecular weight is 199 g/mol. The van der Waals surface area contributed by atoms with Gasteiger partial charge in [-0.15, -0.1) is 0 Å². The van der Waals surface area contributed by atoms with E-state index in [1.54, 1.807) is 6.92 Å². The van der Waals surface area contributed by atoms with Gasteiger partial charge < -0.3 is 4.90 Å². The summed E-state index contributed by atoms with van der Waals surface area (Å²) in [5, 5.41) is 0.742. The Morgan fingerprint density at radius 1 is 1.38 bits per heavy atom. The van der Waals surface area contributed by atoms with Gasteiger partial charge in [-0.25, -0.2) is 0 Å². The second-order valence-electron chi connectivity index (χ2n) is 3.97. The van der Waals surface area contributed by atoms with Gasteiger partial charge in [-0.2, -0.15) is 11.8 Å². The normalized spacial score (nSPS) is 34.1. The van der Waals surface area contributed by atoms with Gasteiger partial charge in [0.15, 0.2) is 0 Å². The lowest BCUT2D eigenvalue weighted by Crippen LogP contribution is -2.50. The highest BCUT2D eigenvalue weighted by atomic mass is 32.2. The smallest absolute Gasteiger partial charge is 0.219 e. The van der Waals surface area contributed by atoms with E-state index in [4.69, 9.17) is 0 Å². The highest BCUT2D eigenvalue weighted by Gasteiger charge is 2.34. The van der Waals surface area contributed by atoms with E-state index >= 15 is 0 Å². The molecule has 2 aliphatic rings. The quantitative estimate of drug-likeness (QED) is 0.594. The molecule has 2 fully saturated rings. The summed E-state index contributed by atoms with van der Waals surface area (Å²) in [4.78, 5) is 13.5. The molecular formula is C10H17NOS. The minimum atomic E-state index is 0.275. The molecule has 1 aliphatic heterocycles. The van der Waals surface area contributed by atoms with Crippen molar-refractivity contribution in [3.63, 3.8) is 0 Å². The van der Waals surface area contributed by atoms with Crippen LogP contribution in [0, 0.1) is 0 Å². The molecule has 2 atom stereocenters. The molecule has 0 spiro atoms. The molecule has 3 heteroatoms. The fourth-order valence-electron chi connectivity index (χ4n) is 2.49. The van der Waals surface area contributed by atoms with Crippen LogP contribution in [0.15, 0.2) is 0 Å². The molecule has 0 aromatic rings. The molecular weight excluding hydrogens is 182 g/mol. The molecule has 0 aromatic carbocycles. The number of amides is 1. The van der Waals surface area contributed by atoms with Gasteiger partial charge in [0.05, 0.1) is 0 Å². The lowest BCUT2D eigenvalue weighted by molar-refractivity contribution is -0.131. The summed E-state index contributed by atoms with van der Waals surface area (Å²) in [7, 11) is 0. The molecule has 1 saturated carbocycles. The van der Waals surface area contributed by atoms with Crippen molar-refractivity contribution in [1.29, 1.82) is 0 Å². The van der Waals surface area contributed by atoms with Gasteiger partial charge in [-0.1, -0.05) is 12.8 Å². The van der Waals surface area contributed by atoms with Crippen molar-refractivity contribution in [3.8, 4) is 0 Å². The van der Waals surface area contributed by atoms with Gasteiger partial charge in [-0.05, 0) is 12.8 Å². The van der Waals surface area contributed by atoms with E-state index in [2.05, 4.69) is 16.7 Å². The Bertz CT molecular complexity index is 205. The fourth-order valence-corrected chi connectivity index (χ4v) is 3.93. The second-order valence-corrected chi connectivity index (χ2v) is 5.32.